The molecule has 1 amide bonds. The highest BCUT2D eigenvalue weighted by Crippen LogP contribution is 2.37. The second-order valence-corrected chi connectivity index (χ2v) is 7.23. The van der Waals surface area contributed by atoms with E-state index in [-0.39, 0.29) is 18.1 Å². The van der Waals surface area contributed by atoms with Crippen molar-refractivity contribution >= 4 is 34.9 Å². The van der Waals surface area contributed by atoms with Crippen molar-refractivity contribution in [1.29, 1.82) is 0 Å². The first-order valence-electron chi connectivity index (χ1n) is 9.29. The predicted molar refractivity (Wildman–Crippen MR) is 117 cm³/mol. The maximum absolute atomic E-state index is 11.9. The van der Waals surface area contributed by atoms with Gasteiger partial charge in [-0.3, -0.25) is 4.79 Å². The van der Waals surface area contributed by atoms with Gasteiger partial charge in [-0.1, -0.05) is 41.4 Å². The van der Waals surface area contributed by atoms with Gasteiger partial charge in [-0.15, -0.1) is 0 Å². The number of nitrogens with one attached hydrogen (secondary N) is 2. The number of ether oxygens (including phenoxy) is 2. The SMILES string of the molecule is COc1cc(CNCCNC(=O)c2nonc2N)cc(Cl)c1OCc1ccccc1Cl. The Labute approximate surface area is 188 Å². The molecular formula is C20H21Cl2N5O4. The lowest BCUT2D eigenvalue weighted by molar-refractivity contribution is 0.0944. The van der Waals surface area contributed by atoms with E-state index in [0.29, 0.717) is 41.2 Å². The largest absolute Gasteiger partial charge is 0.493 e. The monoisotopic (exact) mass is 465 g/mol. The Morgan fingerprint density at radius 1 is 1.16 bits per heavy atom. The van der Waals surface area contributed by atoms with Gasteiger partial charge in [0.05, 0.1) is 12.1 Å². The van der Waals surface area contributed by atoms with Gasteiger partial charge >= 0.3 is 0 Å². The zero-order valence-electron chi connectivity index (χ0n) is 16.7. The fraction of sp³-hybridized carbons (Fsp3) is 0.250. The minimum absolute atomic E-state index is 0.0381. The number of benzene rings is 2. The number of aromatic nitrogens is 2. The molecule has 31 heavy (non-hydrogen) atoms. The molecule has 0 saturated heterocycles. The van der Waals surface area contributed by atoms with Gasteiger partial charge in [0.1, 0.15) is 6.61 Å². The van der Waals surface area contributed by atoms with Crippen LogP contribution in [0.4, 0.5) is 5.82 Å². The fourth-order valence-corrected chi connectivity index (χ4v) is 3.19. The molecule has 0 aliphatic carbocycles. The second kappa shape index (κ2) is 10.9. The van der Waals surface area contributed by atoms with Gasteiger partial charge in [0.15, 0.2) is 11.5 Å². The molecule has 0 spiro atoms. The number of nitrogens with zero attached hydrogens (tertiary/aromatic N) is 2. The third-order valence-electron chi connectivity index (χ3n) is 4.26. The van der Waals surface area contributed by atoms with E-state index in [1.165, 1.54) is 0 Å². The molecule has 3 aromatic rings. The summed E-state index contributed by atoms with van der Waals surface area (Å²) in [6, 6.07) is 11.0. The van der Waals surface area contributed by atoms with Crippen LogP contribution in [0, 0.1) is 0 Å². The number of nitrogens with two attached hydrogens (primary N) is 1. The summed E-state index contributed by atoms with van der Waals surface area (Å²) in [5, 5.41) is 13.7. The Balaban J connectivity index is 1.51. The molecule has 2 aromatic carbocycles. The van der Waals surface area contributed by atoms with Crippen molar-refractivity contribution in [2.24, 2.45) is 0 Å². The minimum atomic E-state index is -0.453. The molecule has 0 aliphatic rings. The topological polar surface area (TPSA) is 125 Å². The van der Waals surface area contributed by atoms with Gasteiger partial charge in [-0.25, -0.2) is 4.63 Å². The molecule has 164 valence electrons. The smallest absolute Gasteiger partial charge is 0.277 e. The van der Waals surface area contributed by atoms with Crippen LogP contribution >= 0.6 is 23.2 Å². The first kappa shape index (κ1) is 22.7. The molecule has 0 bridgehead atoms. The maximum atomic E-state index is 11.9. The summed E-state index contributed by atoms with van der Waals surface area (Å²) >= 11 is 12.6. The van der Waals surface area contributed by atoms with Gasteiger partial charge in [-0.2, -0.15) is 0 Å². The Hall–Kier alpha value is -3.01. The lowest BCUT2D eigenvalue weighted by Gasteiger charge is -2.15. The highest BCUT2D eigenvalue weighted by molar-refractivity contribution is 6.32. The molecular weight excluding hydrogens is 445 g/mol. The van der Waals surface area contributed by atoms with Crippen LogP contribution in [-0.2, 0) is 13.2 Å². The Bertz CT molecular complexity index is 1040. The van der Waals surface area contributed by atoms with E-state index in [9.17, 15) is 4.79 Å². The Kier molecular flexibility index (Phi) is 7.94. The van der Waals surface area contributed by atoms with Gasteiger partial charge < -0.3 is 25.8 Å². The number of anilines is 1. The van der Waals surface area contributed by atoms with Crippen LogP contribution in [0.5, 0.6) is 11.5 Å². The lowest BCUT2D eigenvalue weighted by atomic mass is 10.2. The van der Waals surface area contributed by atoms with Crippen molar-refractivity contribution in [3.05, 3.63) is 63.3 Å². The van der Waals surface area contributed by atoms with Gasteiger partial charge in [0.2, 0.25) is 11.5 Å². The molecule has 1 aromatic heterocycles. The van der Waals surface area contributed by atoms with Crippen molar-refractivity contribution in [2.45, 2.75) is 13.2 Å². The third kappa shape index (κ3) is 6.00. The molecule has 0 atom stereocenters. The van der Waals surface area contributed by atoms with Gasteiger partial charge in [0, 0.05) is 30.2 Å². The summed E-state index contributed by atoms with van der Waals surface area (Å²) in [6.07, 6.45) is 0. The van der Waals surface area contributed by atoms with E-state index in [1.807, 2.05) is 24.3 Å². The van der Waals surface area contributed by atoms with Crippen LogP contribution in [0.3, 0.4) is 0 Å². The van der Waals surface area contributed by atoms with Crippen molar-refractivity contribution in [1.82, 2.24) is 20.9 Å². The quantitative estimate of drug-likeness (QED) is 0.390. The summed E-state index contributed by atoms with van der Waals surface area (Å²) in [6.45, 7) is 1.62. The van der Waals surface area contributed by atoms with Crippen molar-refractivity contribution in [3.8, 4) is 11.5 Å². The first-order chi connectivity index (χ1) is 15.0. The van der Waals surface area contributed by atoms with E-state index in [0.717, 1.165) is 11.1 Å². The molecule has 0 saturated carbocycles. The second-order valence-electron chi connectivity index (χ2n) is 6.42. The minimum Gasteiger partial charge on any atom is -0.493 e. The number of amides is 1. The van der Waals surface area contributed by atoms with Gasteiger partial charge in [-0.05, 0) is 34.1 Å². The molecule has 1 heterocycles. The Morgan fingerprint density at radius 3 is 2.68 bits per heavy atom. The highest BCUT2D eigenvalue weighted by atomic mass is 35.5. The molecule has 0 aliphatic heterocycles. The van der Waals surface area contributed by atoms with E-state index >= 15 is 0 Å². The van der Waals surface area contributed by atoms with E-state index in [2.05, 4.69) is 25.6 Å². The molecule has 0 fully saturated rings. The van der Waals surface area contributed by atoms with Crippen molar-refractivity contribution < 1.29 is 18.9 Å². The van der Waals surface area contributed by atoms with E-state index < -0.39 is 5.91 Å². The highest BCUT2D eigenvalue weighted by Gasteiger charge is 2.15. The normalized spacial score (nSPS) is 10.7. The molecule has 0 radical (unpaired) electrons. The van der Waals surface area contributed by atoms with Crippen molar-refractivity contribution in [3.63, 3.8) is 0 Å². The van der Waals surface area contributed by atoms with Crippen LogP contribution < -0.4 is 25.8 Å². The van der Waals surface area contributed by atoms with Crippen molar-refractivity contribution in [2.75, 3.05) is 25.9 Å². The number of carbonyl (C=O) groups excluding carboxylic acids is 1. The number of hydrogen-bond acceptors (Lipinski definition) is 8. The molecule has 3 rings (SSSR count). The zero-order valence-corrected chi connectivity index (χ0v) is 18.2. The molecule has 9 nitrogen and oxygen atoms in total. The Morgan fingerprint density at radius 2 is 1.97 bits per heavy atom. The summed E-state index contributed by atoms with van der Waals surface area (Å²) in [7, 11) is 1.55. The van der Waals surface area contributed by atoms with E-state index in [1.54, 1.807) is 19.2 Å². The van der Waals surface area contributed by atoms with Crippen LogP contribution in [0.1, 0.15) is 21.6 Å². The number of carbonyl (C=O) groups is 1. The number of nitrogen functional groups attached to an aromatic ring is 1. The predicted octanol–water partition coefficient (Wildman–Crippen LogP) is 3.07. The van der Waals surface area contributed by atoms with Crippen LogP contribution in [0.25, 0.3) is 0 Å². The summed E-state index contributed by atoms with van der Waals surface area (Å²) in [4.78, 5) is 11.9. The van der Waals surface area contributed by atoms with Gasteiger partial charge in [0.25, 0.3) is 5.91 Å². The fourth-order valence-electron chi connectivity index (χ4n) is 2.71. The summed E-state index contributed by atoms with van der Waals surface area (Å²) in [5.74, 6) is 0.451. The van der Waals surface area contributed by atoms with E-state index in [4.69, 9.17) is 38.4 Å². The lowest BCUT2D eigenvalue weighted by Crippen LogP contribution is -2.32. The number of hydrogen-bond donors (Lipinski definition) is 3. The van der Waals surface area contributed by atoms with Crippen LogP contribution in [-0.4, -0.2) is 36.4 Å². The van der Waals surface area contributed by atoms with Crippen LogP contribution in [0.15, 0.2) is 41.0 Å². The standard InChI is InChI=1S/C20H21Cl2N5O4/c1-29-16-9-12(10-24-6-7-25-20(28)17-19(23)27-31-26-17)8-15(22)18(16)30-11-13-4-2-3-5-14(13)21/h2-5,8-9,24H,6-7,10-11H2,1H3,(H2,23,27)(H,25,28). The summed E-state index contributed by atoms with van der Waals surface area (Å²) in [5.41, 5.74) is 7.18. The average molecular weight is 466 g/mol. The van der Waals surface area contributed by atoms with Crippen LogP contribution in [0.2, 0.25) is 10.0 Å². The molecule has 0 unspecified atom stereocenters. The third-order valence-corrected chi connectivity index (χ3v) is 4.91. The number of rotatable bonds is 10. The summed E-state index contributed by atoms with van der Waals surface area (Å²) < 4.78 is 15.7. The average Bonchev–Trinajstić information content (AvgIpc) is 3.19. The molecule has 4 N–H and O–H groups in total. The number of halogens is 2. The maximum Gasteiger partial charge on any atom is 0.277 e. The zero-order chi connectivity index (χ0) is 22.2. The number of methoxy groups -OCH3 is 1. The first-order valence-corrected chi connectivity index (χ1v) is 10.0. The molecule has 11 heteroatoms.